The molecule has 1 heterocycles. The first-order valence-electron chi connectivity index (χ1n) is 4.57. The minimum absolute atomic E-state index is 0.0324. The van der Waals surface area contributed by atoms with Crippen LogP contribution in [-0.4, -0.2) is 29.0 Å². The Labute approximate surface area is 93.3 Å². The number of anilines is 1. The molecule has 5 nitrogen and oxygen atoms in total. The fourth-order valence-electron chi connectivity index (χ4n) is 1.08. The summed E-state index contributed by atoms with van der Waals surface area (Å²) < 4.78 is 0. The van der Waals surface area contributed by atoms with Crippen molar-refractivity contribution in [3.63, 3.8) is 0 Å². The third kappa shape index (κ3) is 3.71. The van der Waals surface area contributed by atoms with Gasteiger partial charge in [-0.1, -0.05) is 11.6 Å². The van der Waals surface area contributed by atoms with Crippen LogP contribution in [0.1, 0.15) is 13.3 Å². The Morgan fingerprint density at radius 1 is 1.53 bits per heavy atom. The summed E-state index contributed by atoms with van der Waals surface area (Å²) in [5.74, 6) is 0.464. The van der Waals surface area contributed by atoms with E-state index in [2.05, 4.69) is 20.6 Å². The van der Waals surface area contributed by atoms with Crippen molar-refractivity contribution in [2.24, 2.45) is 0 Å². The molecule has 1 amide bonds. The molecule has 0 aromatic carbocycles. The van der Waals surface area contributed by atoms with Gasteiger partial charge >= 0.3 is 0 Å². The molecule has 0 radical (unpaired) electrons. The monoisotopic (exact) mass is 228 g/mol. The Morgan fingerprint density at radius 2 is 2.20 bits per heavy atom. The van der Waals surface area contributed by atoms with E-state index in [0.717, 1.165) is 0 Å². The molecular weight excluding hydrogens is 216 g/mol. The Hall–Kier alpha value is -1.36. The highest BCUT2D eigenvalue weighted by Gasteiger charge is 2.10. The minimum Gasteiger partial charge on any atom is -0.365 e. The molecule has 0 aliphatic carbocycles. The lowest BCUT2D eigenvalue weighted by Crippen LogP contribution is -2.27. The highest BCUT2D eigenvalue weighted by atomic mass is 35.5. The fraction of sp³-hybridized carbons (Fsp3) is 0.444. The predicted octanol–water partition coefficient (Wildman–Crippen LogP) is 1.07. The van der Waals surface area contributed by atoms with Crippen LogP contribution in [0.4, 0.5) is 5.82 Å². The Balaban J connectivity index is 2.55. The van der Waals surface area contributed by atoms with Gasteiger partial charge in [0.05, 0.1) is 0 Å². The van der Waals surface area contributed by atoms with Crippen LogP contribution in [-0.2, 0) is 4.79 Å². The van der Waals surface area contributed by atoms with Crippen molar-refractivity contribution < 1.29 is 4.79 Å². The highest BCUT2D eigenvalue weighted by Crippen LogP contribution is 2.15. The largest absolute Gasteiger partial charge is 0.365 e. The summed E-state index contributed by atoms with van der Waals surface area (Å²) in [7, 11) is 1.60. The number of amides is 1. The molecular formula is C9H13ClN4O. The summed E-state index contributed by atoms with van der Waals surface area (Å²) in [6.45, 7) is 1.88. The number of carbonyl (C=O) groups is 1. The molecule has 1 aromatic heterocycles. The molecule has 6 heteroatoms. The van der Waals surface area contributed by atoms with Gasteiger partial charge in [-0.3, -0.25) is 4.79 Å². The summed E-state index contributed by atoms with van der Waals surface area (Å²) in [6, 6.07) is -0.0425. The number of rotatable bonds is 4. The number of nitrogens with zero attached hydrogens (tertiary/aromatic N) is 2. The molecule has 0 saturated heterocycles. The van der Waals surface area contributed by atoms with Gasteiger partial charge in [-0.2, -0.15) is 0 Å². The summed E-state index contributed by atoms with van der Waals surface area (Å²) in [4.78, 5) is 19.0. The van der Waals surface area contributed by atoms with Gasteiger partial charge in [0.2, 0.25) is 5.91 Å². The molecule has 0 bridgehead atoms. The van der Waals surface area contributed by atoms with Crippen LogP contribution in [0.5, 0.6) is 0 Å². The second-order valence-electron chi connectivity index (χ2n) is 3.12. The topological polar surface area (TPSA) is 66.9 Å². The van der Waals surface area contributed by atoms with Crippen LogP contribution in [0.3, 0.4) is 0 Å². The highest BCUT2D eigenvalue weighted by molar-refractivity contribution is 6.31. The molecule has 1 aromatic rings. The predicted molar refractivity (Wildman–Crippen MR) is 58.8 cm³/mol. The molecule has 82 valence electrons. The number of hydrogen-bond donors (Lipinski definition) is 2. The lowest BCUT2D eigenvalue weighted by molar-refractivity contribution is -0.120. The maximum absolute atomic E-state index is 11.1. The van der Waals surface area contributed by atoms with Gasteiger partial charge in [0, 0.05) is 31.9 Å². The molecule has 0 fully saturated rings. The first kappa shape index (κ1) is 11.7. The SMILES string of the molecule is CNC(=O)CC(C)Nc1nccnc1Cl. The maximum Gasteiger partial charge on any atom is 0.221 e. The Kier molecular flexibility index (Phi) is 4.30. The average Bonchev–Trinajstić information content (AvgIpc) is 2.21. The van der Waals surface area contributed by atoms with Gasteiger partial charge in [-0.15, -0.1) is 0 Å². The number of halogens is 1. The van der Waals surface area contributed by atoms with Crippen LogP contribution in [0.25, 0.3) is 0 Å². The fourth-order valence-corrected chi connectivity index (χ4v) is 1.24. The molecule has 0 aliphatic heterocycles. The zero-order valence-corrected chi connectivity index (χ0v) is 9.38. The standard InChI is InChI=1S/C9H13ClN4O/c1-6(5-7(15)11-2)14-9-8(10)12-3-4-13-9/h3-4,6H,5H2,1-2H3,(H,11,15)(H,13,14). The van der Waals surface area contributed by atoms with E-state index < -0.39 is 0 Å². The average molecular weight is 229 g/mol. The number of carbonyl (C=O) groups excluding carboxylic acids is 1. The van der Waals surface area contributed by atoms with Crippen molar-refractivity contribution in [2.75, 3.05) is 12.4 Å². The second kappa shape index (κ2) is 5.50. The van der Waals surface area contributed by atoms with Crippen molar-refractivity contribution in [3.8, 4) is 0 Å². The third-order valence-corrected chi connectivity index (χ3v) is 2.08. The zero-order valence-electron chi connectivity index (χ0n) is 8.62. The molecule has 0 spiro atoms. The number of nitrogens with one attached hydrogen (secondary N) is 2. The van der Waals surface area contributed by atoms with Crippen molar-refractivity contribution in [3.05, 3.63) is 17.5 Å². The van der Waals surface area contributed by atoms with Gasteiger partial charge < -0.3 is 10.6 Å². The second-order valence-corrected chi connectivity index (χ2v) is 3.48. The summed E-state index contributed by atoms with van der Waals surface area (Å²) >= 11 is 5.80. The Morgan fingerprint density at radius 3 is 2.80 bits per heavy atom. The summed E-state index contributed by atoms with van der Waals surface area (Å²) in [6.07, 6.45) is 3.42. The first-order chi connectivity index (χ1) is 7.13. The van der Waals surface area contributed by atoms with Gasteiger partial charge in [0.1, 0.15) is 0 Å². The number of aromatic nitrogens is 2. The quantitative estimate of drug-likeness (QED) is 0.809. The Bertz CT molecular complexity index is 345. The van der Waals surface area contributed by atoms with Crippen LogP contribution in [0, 0.1) is 0 Å². The maximum atomic E-state index is 11.1. The van der Waals surface area contributed by atoms with E-state index in [9.17, 15) is 4.79 Å². The van der Waals surface area contributed by atoms with Gasteiger partial charge in [0.25, 0.3) is 0 Å². The molecule has 1 unspecified atom stereocenters. The summed E-state index contributed by atoms with van der Waals surface area (Å²) in [5.41, 5.74) is 0. The molecule has 0 aliphatic rings. The zero-order chi connectivity index (χ0) is 11.3. The third-order valence-electron chi connectivity index (χ3n) is 1.81. The van der Waals surface area contributed by atoms with Gasteiger partial charge in [-0.05, 0) is 6.92 Å². The molecule has 1 atom stereocenters. The molecule has 1 rings (SSSR count). The smallest absolute Gasteiger partial charge is 0.221 e. The van der Waals surface area contributed by atoms with E-state index in [0.29, 0.717) is 17.4 Å². The number of hydrogen-bond acceptors (Lipinski definition) is 4. The van der Waals surface area contributed by atoms with Crippen LogP contribution in [0.2, 0.25) is 5.15 Å². The van der Waals surface area contributed by atoms with E-state index in [1.54, 1.807) is 13.2 Å². The van der Waals surface area contributed by atoms with Crippen molar-refractivity contribution in [1.29, 1.82) is 0 Å². The lowest BCUT2D eigenvalue weighted by Gasteiger charge is -2.13. The van der Waals surface area contributed by atoms with E-state index in [-0.39, 0.29) is 11.9 Å². The van der Waals surface area contributed by atoms with Gasteiger partial charge in [-0.25, -0.2) is 9.97 Å². The van der Waals surface area contributed by atoms with E-state index in [1.807, 2.05) is 6.92 Å². The molecule has 15 heavy (non-hydrogen) atoms. The molecule has 2 N–H and O–H groups in total. The normalized spacial score (nSPS) is 11.9. The van der Waals surface area contributed by atoms with E-state index in [1.165, 1.54) is 6.20 Å². The minimum atomic E-state index is -0.0425. The van der Waals surface area contributed by atoms with Crippen molar-refractivity contribution in [1.82, 2.24) is 15.3 Å². The van der Waals surface area contributed by atoms with Crippen molar-refractivity contribution >= 4 is 23.3 Å². The molecule has 0 saturated carbocycles. The van der Waals surface area contributed by atoms with Crippen LogP contribution in [0.15, 0.2) is 12.4 Å². The van der Waals surface area contributed by atoms with Gasteiger partial charge in [0.15, 0.2) is 11.0 Å². The van der Waals surface area contributed by atoms with Crippen LogP contribution < -0.4 is 10.6 Å². The van der Waals surface area contributed by atoms with E-state index in [4.69, 9.17) is 11.6 Å². The first-order valence-corrected chi connectivity index (χ1v) is 4.95. The van der Waals surface area contributed by atoms with Crippen molar-refractivity contribution in [2.45, 2.75) is 19.4 Å². The summed E-state index contributed by atoms with van der Waals surface area (Å²) in [5, 5.41) is 5.86. The van der Waals surface area contributed by atoms with E-state index >= 15 is 0 Å². The lowest BCUT2D eigenvalue weighted by atomic mass is 10.2. The van der Waals surface area contributed by atoms with Crippen LogP contribution >= 0.6 is 11.6 Å².